The molecule has 0 bridgehead atoms. The minimum absolute atomic E-state index is 0.00706. The highest BCUT2D eigenvalue weighted by atomic mass is 16.5. The van der Waals surface area contributed by atoms with Crippen LogP contribution < -0.4 is 21.7 Å². The quantitative estimate of drug-likeness (QED) is 0.181. The molecule has 4 unspecified atom stereocenters. The molecule has 2 saturated heterocycles. The molecule has 6 N–H and O–H groups in total. The number of likely N-dealkylation sites (tertiary alicyclic amines) is 1. The number of amides is 2. The van der Waals surface area contributed by atoms with Crippen LogP contribution in [0.15, 0.2) is 48.5 Å². The molecule has 48 heavy (non-hydrogen) atoms. The van der Waals surface area contributed by atoms with Gasteiger partial charge in [-0.25, -0.2) is 0 Å². The third kappa shape index (κ3) is 7.57. The molecule has 4 aliphatic rings. The van der Waals surface area contributed by atoms with Crippen LogP contribution in [-0.2, 0) is 16.1 Å². The van der Waals surface area contributed by atoms with Crippen molar-refractivity contribution >= 4 is 29.0 Å². The van der Waals surface area contributed by atoms with Crippen LogP contribution >= 0.6 is 0 Å². The van der Waals surface area contributed by atoms with E-state index in [0.29, 0.717) is 18.0 Å². The van der Waals surface area contributed by atoms with E-state index in [-0.39, 0.29) is 41.3 Å². The van der Waals surface area contributed by atoms with Crippen LogP contribution in [0, 0.1) is 22.7 Å². The van der Waals surface area contributed by atoms with Gasteiger partial charge in [-0.3, -0.25) is 19.9 Å². The van der Waals surface area contributed by atoms with Gasteiger partial charge in [0.15, 0.2) is 0 Å². The van der Waals surface area contributed by atoms with Crippen LogP contribution in [0.4, 0.5) is 11.4 Å². The number of nitrogens with two attached hydrogens (primary N) is 2. The molecular weight excluding hydrogens is 600 g/mol. The van der Waals surface area contributed by atoms with E-state index in [1.165, 1.54) is 57.8 Å². The molecule has 2 aromatic carbocycles. The maximum atomic E-state index is 14.6. The molecule has 2 aliphatic carbocycles. The van der Waals surface area contributed by atoms with Gasteiger partial charge in [0.25, 0.3) is 0 Å². The number of carbonyl (C=O) groups is 2. The predicted molar refractivity (Wildman–Crippen MR) is 192 cm³/mol. The average Bonchev–Trinajstić information content (AvgIpc) is 3.71. The van der Waals surface area contributed by atoms with Crippen molar-refractivity contribution in [2.75, 3.05) is 30.4 Å². The summed E-state index contributed by atoms with van der Waals surface area (Å²) in [4.78, 5) is 31.2. The van der Waals surface area contributed by atoms with E-state index in [4.69, 9.17) is 21.6 Å². The lowest BCUT2D eigenvalue weighted by molar-refractivity contribution is -0.121. The van der Waals surface area contributed by atoms with Gasteiger partial charge in [-0.1, -0.05) is 63.1 Å². The zero-order valence-electron chi connectivity index (χ0n) is 28.8. The summed E-state index contributed by atoms with van der Waals surface area (Å²) in [7, 11) is 1.77. The number of carbonyl (C=O) groups excluding carboxylic acids is 2. The second-order valence-corrected chi connectivity index (χ2v) is 15.0. The molecule has 0 radical (unpaired) electrons. The van der Waals surface area contributed by atoms with E-state index in [1.807, 2.05) is 24.3 Å². The highest BCUT2D eigenvalue weighted by molar-refractivity contribution is 5.96. The van der Waals surface area contributed by atoms with E-state index in [1.54, 1.807) is 19.2 Å². The molecule has 0 aromatic heterocycles. The molecule has 0 spiro atoms. The molecule has 6 rings (SSSR count). The lowest BCUT2D eigenvalue weighted by Crippen LogP contribution is -2.51. The number of benzene rings is 2. The standard InChI is InChI=1S/C39H56N6O3/c1-48-33-19-21-44(26-33)32-13-9-12-31(23-32)43-38(47)34-24-39(30-10-7-5-3-2-4-6-8-11-30)20-18-29(36(40)41)22-35(39)45(34)25-27-14-16-28(17-15-27)37(42)46/h9,12-17,23,29-30,33-35H,2-8,10-11,18-22,24-26H2,1H3,(H3,40,41)(H2,42,46)(H,43,47)/t29?,33-,34?,35?,39?/m0/s1. The average molecular weight is 657 g/mol. The van der Waals surface area contributed by atoms with E-state index < -0.39 is 5.91 Å². The van der Waals surface area contributed by atoms with Crippen molar-refractivity contribution in [3.05, 3.63) is 59.7 Å². The number of anilines is 2. The highest BCUT2D eigenvalue weighted by Gasteiger charge is 2.59. The molecule has 2 aromatic rings. The monoisotopic (exact) mass is 656 g/mol. The topological polar surface area (TPSA) is 138 Å². The summed E-state index contributed by atoms with van der Waals surface area (Å²) in [5.74, 6) is 0.420. The van der Waals surface area contributed by atoms with Crippen LogP contribution in [0.1, 0.15) is 106 Å². The first-order valence-electron chi connectivity index (χ1n) is 18.4. The van der Waals surface area contributed by atoms with E-state index in [0.717, 1.165) is 62.1 Å². The molecule has 5 atom stereocenters. The van der Waals surface area contributed by atoms with Gasteiger partial charge < -0.3 is 26.4 Å². The molecule has 260 valence electrons. The summed E-state index contributed by atoms with van der Waals surface area (Å²) < 4.78 is 5.60. The maximum absolute atomic E-state index is 14.6. The van der Waals surface area contributed by atoms with Gasteiger partial charge in [-0.15, -0.1) is 0 Å². The summed E-state index contributed by atoms with van der Waals surface area (Å²) in [5, 5.41) is 11.8. The van der Waals surface area contributed by atoms with Crippen LogP contribution in [0.2, 0.25) is 0 Å². The molecule has 9 nitrogen and oxygen atoms in total. The van der Waals surface area contributed by atoms with Crippen molar-refractivity contribution in [3.8, 4) is 0 Å². The van der Waals surface area contributed by atoms with Gasteiger partial charge in [0, 0.05) is 55.6 Å². The van der Waals surface area contributed by atoms with Crippen molar-refractivity contribution in [1.29, 1.82) is 5.41 Å². The second-order valence-electron chi connectivity index (χ2n) is 15.0. The molecule has 2 saturated carbocycles. The van der Waals surface area contributed by atoms with E-state index in [9.17, 15) is 9.59 Å². The predicted octanol–water partition coefficient (Wildman–Crippen LogP) is 6.46. The first-order valence-corrected chi connectivity index (χ1v) is 18.4. The number of nitrogens with one attached hydrogen (secondary N) is 2. The first-order chi connectivity index (χ1) is 23.3. The Morgan fingerprint density at radius 1 is 0.958 bits per heavy atom. The van der Waals surface area contributed by atoms with Gasteiger partial charge in [0.2, 0.25) is 11.8 Å². The molecule has 2 aliphatic heterocycles. The van der Waals surface area contributed by atoms with Crippen molar-refractivity contribution in [2.45, 2.75) is 115 Å². The number of amidine groups is 1. The maximum Gasteiger partial charge on any atom is 0.248 e. The van der Waals surface area contributed by atoms with E-state index in [2.05, 4.69) is 27.2 Å². The minimum Gasteiger partial charge on any atom is -0.387 e. The third-order valence-corrected chi connectivity index (χ3v) is 12.2. The number of primary amides is 1. The van der Waals surface area contributed by atoms with Gasteiger partial charge in [-0.2, -0.15) is 0 Å². The zero-order valence-corrected chi connectivity index (χ0v) is 28.8. The first kappa shape index (κ1) is 34.4. The lowest BCUT2D eigenvalue weighted by Gasteiger charge is -2.49. The number of fused-ring (bicyclic) bond motifs is 1. The Morgan fingerprint density at radius 3 is 2.31 bits per heavy atom. The molecular formula is C39H56N6O3. The van der Waals surface area contributed by atoms with Crippen molar-refractivity contribution in [3.63, 3.8) is 0 Å². The highest BCUT2D eigenvalue weighted by Crippen LogP contribution is 2.58. The number of methoxy groups -OCH3 is 1. The zero-order chi connectivity index (χ0) is 33.7. The fourth-order valence-electron chi connectivity index (χ4n) is 9.55. The molecule has 4 fully saturated rings. The number of hydrogen-bond acceptors (Lipinski definition) is 6. The second kappa shape index (κ2) is 15.4. The fraction of sp³-hybridized carbons (Fsp3) is 0.615. The lowest BCUT2D eigenvalue weighted by atomic mass is 9.58. The Kier molecular flexibility index (Phi) is 11.1. The Labute approximate surface area is 286 Å². The Bertz CT molecular complexity index is 1420. The Hall–Kier alpha value is -3.43. The number of ether oxygens (including phenoxy) is 1. The summed E-state index contributed by atoms with van der Waals surface area (Å²) in [5.41, 5.74) is 15.2. The van der Waals surface area contributed by atoms with Gasteiger partial charge in [0.05, 0.1) is 18.0 Å². The van der Waals surface area contributed by atoms with E-state index >= 15 is 0 Å². The number of rotatable bonds is 9. The summed E-state index contributed by atoms with van der Waals surface area (Å²) >= 11 is 0. The molecule has 9 heteroatoms. The molecule has 2 heterocycles. The van der Waals surface area contributed by atoms with Gasteiger partial charge >= 0.3 is 0 Å². The Morgan fingerprint density at radius 2 is 1.67 bits per heavy atom. The van der Waals surface area contributed by atoms with Crippen molar-refractivity contribution in [2.24, 2.45) is 28.7 Å². The molecule has 2 amide bonds. The largest absolute Gasteiger partial charge is 0.387 e. The van der Waals surface area contributed by atoms with Crippen LogP contribution in [0.3, 0.4) is 0 Å². The fourth-order valence-corrected chi connectivity index (χ4v) is 9.55. The Balaban J connectivity index is 1.32. The third-order valence-electron chi connectivity index (χ3n) is 12.2. The smallest absolute Gasteiger partial charge is 0.248 e. The van der Waals surface area contributed by atoms with Crippen LogP contribution in [0.25, 0.3) is 0 Å². The van der Waals surface area contributed by atoms with Crippen LogP contribution in [-0.4, -0.2) is 60.9 Å². The van der Waals surface area contributed by atoms with Gasteiger partial charge in [-0.05, 0) is 92.2 Å². The van der Waals surface area contributed by atoms with Crippen molar-refractivity contribution < 1.29 is 14.3 Å². The minimum atomic E-state index is -0.444. The number of hydrogen-bond donors (Lipinski definition) is 4. The summed E-state index contributed by atoms with van der Waals surface area (Å²) in [6, 6.07) is 15.5. The van der Waals surface area contributed by atoms with Gasteiger partial charge in [0.1, 0.15) is 0 Å². The van der Waals surface area contributed by atoms with Crippen molar-refractivity contribution in [1.82, 2.24) is 4.90 Å². The normalized spacial score (nSPS) is 28.9. The summed E-state index contributed by atoms with van der Waals surface area (Å²) in [6.07, 6.45) is 16.2. The number of nitrogens with zero attached hydrogens (tertiary/aromatic N) is 2. The SMILES string of the molecule is CO[C@H]1CCN(c2cccc(NC(=O)C3CC4(C5CCCCCCCCC5)CCC(C(=N)N)CC4N3Cc3ccc(C(N)=O)cc3)c2)C1. The summed E-state index contributed by atoms with van der Waals surface area (Å²) in [6.45, 7) is 2.37. The van der Waals surface area contributed by atoms with Crippen LogP contribution in [0.5, 0.6) is 0 Å².